The molecule has 0 atom stereocenters. The summed E-state index contributed by atoms with van der Waals surface area (Å²) in [6.45, 7) is 2.03. The van der Waals surface area contributed by atoms with Gasteiger partial charge in [0.15, 0.2) is 11.5 Å². The summed E-state index contributed by atoms with van der Waals surface area (Å²) in [5.41, 5.74) is 2.25. The van der Waals surface area contributed by atoms with Crippen LogP contribution in [0.2, 0.25) is 0 Å². The number of nitro groups is 1. The number of non-ortho nitro benzene ring substituents is 1. The van der Waals surface area contributed by atoms with E-state index in [2.05, 4.69) is 25.9 Å². The van der Waals surface area contributed by atoms with Crippen LogP contribution >= 0.6 is 15.9 Å². The Morgan fingerprint density at radius 3 is 2.39 bits per heavy atom. The van der Waals surface area contributed by atoms with Crippen LogP contribution in [0.3, 0.4) is 0 Å². The quantitative estimate of drug-likeness (QED) is 0.244. The van der Waals surface area contributed by atoms with E-state index in [1.807, 2.05) is 6.92 Å². The lowest BCUT2D eigenvalue weighted by atomic mass is 10.2. The zero-order chi connectivity index (χ0) is 24.0. The number of hydrazone groups is 1. The summed E-state index contributed by atoms with van der Waals surface area (Å²) in [7, 11) is -2.31. The van der Waals surface area contributed by atoms with E-state index in [-0.39, 0.29) is 17.2 Å². The third kappa shape index (κ3) is 6.30. The molecule has 0 aromatic heterocycles. The van der Waals surface area contributed by atoms with Gasteiger partial charge in [0.1, 0.15) is 6.61 Å². The second-order valence-electron chi connectivity index (χ2n) is 6.91. The van der Waals surface area contributed by atoms with Crippen LogP contribution in [0, 0.1) is 17.0 Å². The van der Waals surface area contributed by atoms with E-state index in [1.165, 1.54) is 37.6 Å². The molecule has 33 heavy (non-hydrogen) atoms. The van der Waals surface area contributed by atoms with E-state index in [1.54, 1.807) is 36.4 Å². The van der Waals surface area contributed by atoms with Gasteiger partial charge in [-0.15, -0.1) is 0 Å². The fourth-order valence-corrected chi connectivity index (χ4v) is 4.13. The van der Waals surface area contributed by atoms with Crippen LogP contribution in [0.1, 0.15) is 16.7 Å². The third-order valence-corrected chi connectivity index (χ3v) is 6.33. The second-order valence-corrected chi connectivity index (χ2v) is 9.43. The molecule has 0 bridgehead atoms. The maximum absolute atomic E-state index is 12.3. The summed E-state index contributed by atoms with van der Waals surface area (Å²) >= 11 is 3.42. The summed E-state index contributed by atoms with van der Waals surface area (Å²) in [5.74, 6) is 0.822. The number of ether oxygens (including phenoxy) is 2. The predicted molar refractivity (Wildman–Crippen MR) is 127 cm³/mol. The monoisotopic (exact) mass is 533 g/mol. The van der Waals surface area contributed by atoms with Crippen molar-refractivity contribution >= 4 is 37.9 Å². The first-order chi connectivity index (χ1) is 15.7. The molecule has 3 rings (SSSR count). The molecule has 0 aliphatic heterocycles. The topological polar surface area (TPSA) is 120 Å². The van der Waals surface area contributed by atoms with Gasteiger partial charge in [-0.3, -0.25) is 10.1 Å². The van der Waals surface area contributed by atoms with Crippen LogP contribution in [0.4, 0.5) is 5.69 Å². The largest absolute Gasteiger partial charge is 0.493 e. The molecule has 0 unspecified atom stereocenters. The van der Waals surface area contributed by atoms with Crippen LogP contribution in [-0.4, -0.2) is 26.7 Å². The molecule has 0 saturated carbocycles. The molecular weight excluding hydrogens is 514 g/mol. The van der Waals surface area contributed by atoms with E-state index in [0.717, 1.165) is 11.1 Å². The Hall–Kier alpha value is -3.44. The molecule has 0 fully saturated rings. The number of methoxy groups -OCH3 is 1. The molecular formula is C22H20BrN3O6S. The molecule has 0 aliphatic carbocycles. The Bertz CT molecular complexity index is 1280. The molecule has 0 saturated heterocycles. The summed E-state index contributed by atoms with van der Waals surface area (Å²) in [5, 5.41) is 14.6. The minimum Gasteiger partial charge on any atom is -0.493 e. The van der Waals surface area contributed by atoms with Crippen LogP contribution in [-0.2, 0) is 16.6 Å². The normalized spacial score (nSPS) is 11.4. The molecule has 0 radical (unpaired) electrons. The molecule has 0 aliphatic rings. The first-order valence-electron chi connectivity index (χ1n) is 9.55. The fraction of sp³-hybridized carbons (Fsp3) is 0.136. The predicted octanol–water partition coefficient (Wildman–Crippen LogP) is 4.57. The molecule has 1 N–H and O–H groups in total. The number of nitrogens with zero attached hydrogens (tertiary/aromatic N) is 2. The second kappa shape index (κ2) is 10.5. The van der Waals surface area contributed by atoms with E-state index < -0.39 is 14.9 Å². The maximum Gasteiger partial charge on any atom is 0.276 e. The number of halogens is 1. The third-order valence-electron chi connectivity index (χ3n) is 4.50. The standard InChI is InChI=1S/C22H20BrN3O6S/c1-15-3-9-19(10-4-15)33(29,30)25-24-13-17-11-20(23)22(21(12-17)31-2)32-14-16-5-7-18(8-6-16)26(27)28/h3-13,25H,14H2,1-2H3/b24-13-. The van der Waals surface area contributed by atoms with Crippen molar-refractivity contribution < 1.29 is 22.8 Å². The van der Waals surface area contributed by atoms with Gasteiger partial charge in [0, 0.05) is 12.1 Å². The summed E-state index contributed by atoms with van der Waals surface area (Å²) in [6, 6.07) is 15.8. The van der Waals surface area contributed by atoms with Gasteiger partial charge in [-0.2, -0.15) is 13.5 Å². The van der Waals surface area contributed by atoms with Gasteiger partial charge in [0.25, 0.3) is 15.7 Å². The maximum atomic E-state index is 12.3. The van der Waals surface area contributed by atoms with Crippen molar-refractivity contribution in [2.75, 3.05) is 7.11 Å². The first kappa shape index (κ1) is 24.2. The zero-order valence-electron chi connectivity index (χ0n) is 17.7. The number of nitrogens with one attached hydrogen (secondary N) is 1. The SMILES string of the molecule is COc1cc(/C=N\NS(=O)(=O)c2ccc(C)cc2)cc(Br)c1OCc1ccc([N+](=O)[O-])cc1. The van der Waals surface area contributed by atoms with Gasteiger partial charge >= 0.3 is 0 Å². The number of hydrogen-bond acceptors (Lipinski definition) is 7. The average molecular weight is 534 g/mol. The van der Waals surface area contributed by atoms with Crippen LogP contribution in [0.5, 0.6) is 11.5 Å². The van der Waals surface area contributed by atoms with Gasteiger partial charge in [-0.25, -0.2) is 4.83 Å². The van der Waals surface area contributed by atoms with Crippen LogP contribution in [0.25, 0.3) is 0 Å². The Morgan fingerprint density at radius 1 is 1.12 bits per heavy atom. The van der Waals surface area contributed by atoms with Crippen molar-refractivity contribution in [1.29, 1.82) is 0 Å². The van der Waals surface area contributed by atoms with Crippen molar-refractivity contribution in [2.24, 2.45) is 5.10 Å². The Morgan fingerprint density at radius 2 is 1.79 bits per heavy atom. The lowest BCUT2D eigenvalue weighted by molar-refractivity contribution is -0.384. The molecule has 9 nitrogen and oxygen atoms in total. The van der Waals surface area contributed by atoms with E-state index in [4.69, 9.17) is 9.47 Å². The Labute approximate surface area is 199 Å². The minimum atomic E-state index is -3.79. The molecule has 3 aromatic carbocycles. The van der Waals surface area contributed by atoms with Crippen molar-refractivity contribution in [3.8, 4) is 11.5 Å². The Balaban J connectivity index is 1.71. The number of sulfonamides is 1. The molecule has 172 valence electrons. The summed E-state index contributed by atoms with van der Waals surface area (Å²) < 4.78 is 36.5. The molecule has 0 spiro atoms. The first-order valence-corrected chi connectivity index (χ1v) is 11.8. The summed E-state index contributed by atoms with van der Waals surface area (Å²) in [4.78, 5) is 12.6. The van der Waals surface area contributed by atoms with E-state index in [0.29, 0.717) is 21.5 Å². The fourth-order valence-electron chi connectivity index (χ4n) is 2.76. The van der Waals surface area contributed by atoms with Crippen molar-refractivity contribution in [1.82, 2.24) is 4.83 Å². The van der Waals surface area contributed by atoms with Gasteiger partial charge in [-0.1, -0.05) is 17.7 Å². The number of nitro benzene ring substituents is 1. The highest BCUT2D eigenvalue weighted by atomic mass is 79.9. The van der Waals surface area contributed by atoms with E-state index in [9.17, 15) is 18.5 Å². The molecule has 11 heteroatoms. The van der Waals surface area contributed by atoms with Gasteiger partial charge in [-0.05, 0) is 70.4 Å². The van der Waals surface area contributed by atoms with Gasteiger partial charge < -0.3 is 9.47 Å². The smallest absolute Gasteiger partial charge is 0.276 e. The molecule has 3 aromatic rings. The minimum absolute atomic E-state index is 0.000784. The highest BCUT2D eigenvalue weighted by Crippen LogP contribution is 2.37. The number of rotatable bonds is 9. The van der Waals surface area contributed by atoms with E-state index >= 15 is 0 Å². The highest BCUT2D eigenvalue weighted by Gasteiger charge is 2.14. The number of aryl methyl sites for hydroxylation is 1. The van der Waals surface area contributed by atoms with Gasteiger partial charge in [0.2, 0.25) is 0 Å². The average Bonchev–Trinajstić information content (AvgIpc) is 2.78. The number of hydrogen-bond donors (Lipinski definition) is 1. The zero-order valence-corrected chi connectivity index (χ0v) is 20.1. The van der Waals surface area contributed by atoms with Crippen molar-refractivity contribution in [3.05, 3.63) is 91.9 Å². The lowest BCUT2D eigenvalue weighted by Gasteiger charge is -2.13. The van der Waals surface area contributed by atoms with Crippen molar-refractivity contribution in [3.63, 3.8) is 0 Å². The Kier molecular flexibility index (Phi) is 7.67. The van der Waals surface area contributed by atoms with Crippen LogP contribution in [0.15, 0.2) is 75.1 Å². The molecule has 0 heterocycles. The number of benzene rings is 3. The van der Waals surface area contributed by atoms with Gasteiger partial charge in [0.05, 0.1) is 27.6 Å². The lowest BCUT2D eigenvalue weighted by Crippen LogP contribution is -2.18. The van der Waals surface area contributed by atoms with Crippen LogP contribution < -0.4 is 14.3 Å². The summed E-state index contributed by atoms with van der Waals surface area (Å²) in [6.07, 6.45) is 1.35. The molecule has 0 amide bonds. The highest BCUT2D eigenvalue weighted by molar-refractivity contribution is 9.10. The van der Waals surface area contributed by atoms with Crippen molar-refractivity contribution in [2.45, 2.75) is 18.4 Å².